The van der Waals surface area contributed by atoms with E-state index in [1.165, 1.54) is 27.7 Å². The average molecular weight is 601 g/mol. The number of epoxide rings is 1. The van der Waals surface area contributed by atoms with Crippen molar-refractivity contribution >= 4 is 41.4 Å². The summed E-state index contributed by atoms with van der Waals surface area (Å²) in [6.45, 7) is 12.0. The van der Waals surface area contributed by atoms with E-state index in [1.807, 2.05) is 0 Å². The molecule has 2 aliphatic carbocycles. The maximum absolute atomic E-state index is 13.0. The fourth-order valence-electron chi connectivity index (χ4n) is 7.23. The predicted molar refractivity (Wildman–Crippen MR) is 139 cm³/mol. The van der Waals surface area contributed by atoms with Gasteiger partial charge >= 0.3 is 29.8 Å². The Hall–Kier alpha value is -2.70. The lowest BCUT2D eigenvalue weighted by atomic mass is 9.51. The lowest BCUT2D eigenvalue weighted by Gasteiger charge is -2.58. The van der Waals surface area contributed by atoms with Crippen LogP contribution in [0.25, 0.3) is 0 Å². The van der Waals surface area contributed by atoms with E-state index in [0.29, 0.717) is 5.57 Å². The van der Waals surface area contributed by atoms with Gasteiger partial charge in [-0.25, -0.2) is 0 Å². The van der Waals surface area contributed by atoms with Crippen LogP contribution in [0.1, 0.15) is 60.8 Å². The van der Waals surface area contributed by atoms with Crippen molar-refractivity contribution < 1.29 is 57.5 Å². The molecular formula is C28H37ClO12. The highest BCUT2D eigenvalue weighted by Crippen LogP contribution is 2.63. The van der Waals surface area contributed by atoms with Crippen molar-refractivity contribution in [2.24, 2.45) is 17.3 Å². The van der Waals surface area contributed by atoms with Crippen LogP contribution in [0.15, 0.2) is 12.2 Å². The second-order valence-corrected chi connectivity index (χ2v) is 12.2. The minimum atomic E-state index is -2.21. The Morgan fingerprint density at radius 3 is 2.02 bits per heavy atom. The Labute approximate surface area is 242 Å². The molecule has 2 aliphatic heterocycles. The predicted octanol–water partition coefficient (Wildman–Crippen LogP) is 1.76. The number of rotatable bonds is 4. The second kappa shape index (κ2) is 10.9. The van der Waals surface area contributed by atoms with Crippen LogP contribution in [-0.2, 0) is 52.4 Å². The van der Waals surface area contributed by atoms with Crippen LogP contribution in [0, 0.1) is 17.3 Å². The van der Waals surface area contributed by atoms with Crippen molar-refractivity contribution in [1.29, 1.82) is 0 Å². The lowest BCUT2D eigenvalue weighted by molar-refractivity contribution is -0.263. The number of ether oxygens (including phenoxy) is 6. The second-order valence-electron chi connectivity index (χ2n) is 11.8. The van der Waals surface area contributed by atoms with Gasteiger partial charge in [-0.3, -0.25) is 24.0 Å². The fourth-order valence-corrected chi connectivity index (χ4v) is 7.59. The van der Waals surface area contributed by atoms with E-state index in [4.69, 9.17) is 40.0 Å². The van der Waals surface area contributed by atoms with Crippen LogP contribution in [0.5, 0.6) is 0 Å². The molecule has 0 aromatic heterocycles. The summed E-state index contributed by atoms with van der Waals surface area (Å²) >= 11 is 6.78. The summed E-state index contributed by atoms with van der Waals surface area (Å²) in [5.41, 5.74) is -4.56. The summed E-state index contributed by atoms with van der Waals surface area (Å²) in [4.78, 5) is 62.9. The molecule has 4 rings (SSSR count). The first-order chi connectivity index (χ1) is 19.0. The summed E-state index contributed by atoms with van der Waals surface area (Å²) in [5.74, 6) is -5.86. The van der Waals surface area contributed by atoms with Crippen molar-refractivity contribution in [3.8, 4) is 0 Å². The number of carbonyl (C=O) groups excluding carboxylic acids is 5. The molecule has 41 heavy (non-hydrogen) atoms. The number of hydrogen-bond acceptors (Lipinski definition) is 12. The van der Waals surface area contributed by atoms with Crippen molar-refractivity contribution in [1.82, 2.24) is 0 Å². The van der Waals surface area contributed by atoms with Crippen LogP contribution >= 0.6 is 11.6 Å². The molecule has 4 aliphatic rings. The molecule has 13 heteroatoms. The van der Waals surface area contributed by atoms with Crippen LogP contribution in [0.2, 0.25) is 0 Å². The third kappa shape index (κ3) is 5.23. The zero-order valence-electron chi connectivity index (χ0n) is 24.0. The molecule has 1 N–H and O–H groups in total. The molecule has 2 heterocycles. The maximum Gasteiger partial charge on any atom is 0.312 e. The number of aliphatic hydroxyl groups is 1. The minimum Gasteiger partial charge on any atom is -0.462 e. The van der Waals surface area contributed by atoms with E-state index in [9.17, 15) is 29.1 Å². The highest BCUT2D eigenvalue weighted by Gasteiger charge is 2.77. The molecule has 12 nitrogen and oxygen atoms in total. The smallest absolute Gasteiger partial charge is 0.312 e. The Morgan fingerprint density at radius 1 is 0.976 bits per heavy atom. The van der Waals surface area contributed by atoms with Gasteiger partial charge in [0.2, 0.25) is 0 Å². The van der Waals surface area contributed by atoms with E-state index in [0.717, 1.165) is 6.92 Å². The molecule has 0 bridgehead atoms. The number of halogens is 1. The van der Waals surface area contributed by atoms with Crippen molar-refractivity contribution in [2.45, 2.75) is 108 Å². The van der Waals surface area contributed by atoms with E-state index in [1.54, 1.807) is 6.92 Å². The summed E-state index contributed by atoms with van der Waals surface area (Å²) < 4.78 is 34.9. The van der Waals surface area contributed by atoms with Gasteiger partial charge in [-0.2, -0.15) is 0 Å². The Bertz CT molecular complexity index is 1150. The quantitative estimate of drug-likeness (QED) is 0.164. The molecular weight excluding hydrogens is 564 g/mol. The van der Waals surface area contributed by atoms with Gasteiger partial charge in [-0.1, -0.05) is 19.1 Å². The molecule has 11 unspecified atom stereocenters. The summed E-state index contributed by atoms with van der Waals surface area (Å²) in [5, 5.41) is 11.4. The highest BCUT2D eigenvalue weighted by molar-refractivity contribution is 6.23. The van der Waals surface area contributed by atoms with Gasteiger partial charge < -0.3 is 33.5 Å². The molecule has 11 atom stereocenters. The highest BCUT2D eigenvalue weighted by atomic mass is 35.5. The van der Waals surface area contributed by atoms with E-state index >= 15 is 0 Å². The number of hydrogen-bond donors (Lipinski definition) is 1. The molecule has 4 fully saturated rings. The lowest BCUT2D eigenvalue weighted by Crippen LogP contribution is -2.72. The molecule has 0 amide bonds. The Kier molecular flexibility index (Phi) is 8.27. The molecule has 0 radical (unpaired) electrons. The first-order valence-electron chi connectivity index (χ1n) is 13.6. The molecule has 0 aromatic rings. The van der Waals surface area contributed by atoms with E-state index < -0.39 is 94.2 Å². The van der Waals surface area contributed by atoms with E-state index in [-0.39, 0.29) is 25.9 Å². The zero-order valence-corrected chi connectivity index (χ0v) is 24.7. The van der Waals surface area contributed by atoms with Crippen LogP contribution in [0.3, 0.4) is 0 Å². The topological polar surface area (TPSA) is 164 Å². The summed E-state index contributed by atoms with van der Waals surface area (Å²) in [6.07, 6.45) is -6.01. The third-order valence-electron chi connectivity index (χ3n) is 9.04. The van der Waals surface area contributed by atoms with Crippen molar-refractivity contribution in [2.75, 3.05) is 6.61 Å². The first kappa shape index (κ1) is 31.2. The van der Waals surface area contributed by atoms with Crippen molar-refractivity contribution in [3.63, 3.8) is 0 Å². The van der Waals surface area contributed by atoms with E-state index in [2.05, 4.69) is 6.58 Å². The Morgan fingerprint density at radius 2 is 1.51 bits per heavy atom. The van der Waals surface area contributed by atoms with Crippen LogP contribution in [-0.4, -0.2) is 88.7 Å². The standard InChI is InChI=1S/C28H37ClO12/c1-12-8-9-19(38-15(4)31)26(7)21(27(11-36-27)10-18(37-14(3)30)22(26)39-16(5)32)24(40-17(6)33)28(35)13(2)25(34)41-23(28)20(12)29/h13,18-24,35H,1,8-11H2,2-7H3. The first-order valence-corrected chi connectivity index (χ1v) is 14.0. The third-order valence-corrected chi connectivity index (χ3v) is 9.58. The van der Waals surface area contributed by atoms with Crippen LogP contribution in [0.4, 0.5) is 0 Å². The molecule has 228 valence electrons. The SMILES string of the molecule is C=C1CCC(OC(C)=O)C2(C)C(OC(C)=O)C(OC(C)=O)CC3(CO3)C2C(OC(C)=O)C2(O)C(C)C(=O)OC2C1Cl. The van der Waals surface area contributed by atoms with Gasteiger partial charge in [-0.05, 0) is 19.8 Å². The molecule has 2 saturated carbocycles. The zero-order chi connectivity index (χ0) is 30.7. The Balaban J connectivity index is 2.05. The number of fused-ring (bicyclic) bond motifs is 3. The van der Waals surface area contributed by atoms with Gasteiger partial charge in [0.05, 0.1) is 23.3 Å². The maximum atomic E-state index is 13.0. The molecule has 2 saturated heterocycles. The number of alkyl halides is 1. The van der Waals surface area contributed by atoms with Crippen LogP contribution < -0.4 is 0 Å². The largest absolute Gasteiger partial charge is 0.462 e. The number of carbonyl (C=O) groups is 5. The molecule has 0 aromatic carbocycles. The number of esters is 5. The van der Waals surface area contributed by atoms with Gasteiger partial charge in [0, 0.05) is 40.0 Å². The van der Waals surface area contributed by atoms with Gasteiger partial charge in [0.15, 0.2) is 11.7 Å². The fraction of sp³-hybridized carbons (Fsp3) is 0.750. The van der Waals surface area contributed by atoms with Gasteiger partial charge in [-0.15, -0.1) is 11.6 Å². The average Bonchev–Trinajstić information content (AvgIpc) is 3.57. The normalized spacial score (nSPS) is 43.6. The summed E-state index contributed by atoms with van der Waals surface area (Å²) in [7, 11) is 0. The van der Waals surface area contributed by atoms with Gasteiger partial charge in [0.1, 0.15) is 30.0 Å². The monoisotopic (exact) mass is 600 g/mol. The summed E-state index contributed by atoms with van der Waals surface area (Å²) in [6, 6.07) is 0. The minimum absolute atomic E-state index is 0.00369. The van der Waals surface area contributed by atoms with Crippen molar-refractivity contribution in [3.05, 3.63) is 12.2 Å². The van der Waals surface area contributed by atoms with Gasteiger partial charge in [0.25, 0.3) is 0 Å². The molecule has 1 spiro atoms.